The van der Waals surface area contributed by atoms with Crippen molar-refractivity contribution in [2.45, 2.75) is 63.4 Å². The van der Waals surface area contributed by atoms with Crippen LogP contribution in [0.1, 0.15) is 53.4 Å². The standard InChI is InChI=1S/C10H20Cl2N2/c1-5-7-9(3,11)13-14-10(4,12)8-6-2/h5-8H2,1-4H3. The summed E-state index contributed by atoms with van der Waals surface area (Å²) in [7, 11) is 0. The van der Waals surface area contributed by atoms with E-state index in [0.717, 1.165) is 25.7 Å². The van der Waals surface area contributed by atoms with Gasteiger partial charge in [-0.3, -0.25) is 0 Å². The molecule has 4 heteroatoms. The van der Waals surface area contributed by atoms with Crippen molar-refractivity contribution in [1.82, 2.24) is 0 Å². The molecular weight excluding hydrogens is 219 g/mol. The molecule has 2 unspecified atom stereocenters. The average Bonchev–Trinajstić information content (AvgIpc) is 2.01. The van der Waals surface area contributed by atoms with Gasteiger partial charge in [0.05, 0.1) is 0 Å². The summed E-state index contributed by atoms with van der Waals surface area (Å²) in [6, 6.07) is 0. The fourth-order valence-corrected chi connectivity index (χ4v) is 1.67. The normalized spacial score (nSPS) is 20.7. The molecule has 0 heterocycles. The molecule has 2 nitrogen and oxygen atoms in total. The number of rotatable bonds is 6. The summed E-state index contributed by atoms with van der Waals surface area (Å²) < 4.78 is 0. The van der Waals surface area contributed by atoms with Crippen LogP contribution in [0.2, 0.25) is 0 Å². The summed E-state index contributed by atoms with van der Waals surface area (Å²) >= 11 is 12.2. The molecule has 0 aliphatic heterocycles. The summed E-state index contributed by atoms with van der Waals surface area (Å²) in [5.41, 5.74) is 0. The van der Waals surface area contributed by atoms with Crippen molar-refractivity contribution in [3.63, 3.8) is 0 Å². The van der Waals surface area contributed by atoms with Gasteiger partial charge < -0.3 is 0 Å². The van der Waals surface area contributed by atoms with E-state index in [9.17, 15) is 0 Å². The van der Waals surface area contributed by atoms with Crippen LogP contribution < -0.4 is 0 Å². The van der Waals surface area contributed by atoms with Gasteiger partial charge in [0, 0.05) is 0 Å². The highest BCUT2D eigenvalue weighted by atomic mass is 35.5. The molecule has 0 aromatic carbocycles. The van der Waals surface area contributed by atoms with E-state index in [1.54, 1.807) is 0 Å². The number of halogens is 2. The smallest absolute Gasteiger partial charge is 0.152 e. The predicted molar refractivity (Wildman–Crippen MR) is 63.2 cm³/mol. The van der Waals surface area contributed by atoms with E-state index >= 15 is 0 Å². The Bertz CT molecular complexity index is 169. The highest BCUT2D eigenvalue weighted by Gasteiger charge is 2.23. The van der Waals surface area contributed by atoms with Gasteiger partial charge in [0.1, 0.15) is 0 Å². The van der Waals surface area contributed by atoms with Crippen molar-refractivity contribution < 1.29 is 0 Å². The minimum Gasteiger partial charge on any atom is -0.170 e. The van der Waals surface area contributed by atoms with Gasteiger partial charge in [-0.1, -0.05) is 49.9 Å². The first-order chi connectivity index (χ1) is 6.33. The van der Waals surface area contributed by atoms with Crippen LogP contribution >= 0.6 is 23.2 Å². The molecule has 0 bridgehead atoms. The molecule has 0 amide bonds. The molecule has 0 rings (SSSR count). The third-order valence-corrected chi connectivity index (χ3v) is 2.41. The zero-order valence-corrected chi connectivity index (χ0v) is 11.0. The lowest BCUT2D eigenvalue weighted by Gasteiger charge is -2.19. The SMILES string of the molecule is CCCC(C)(Cl)N=NC(C)(Cl)CCC. The molecule has 0 saturated heterocycles. The van der Waals surface area contributed by atoms with Crippen LogP contribution in [-0.2, 0) is 0 Å². The Morgan fingerprint density at radius 1 is 0.857 bits per heavy atom. The van der Waals surface area contributed by atoms with E-state index in [1.807, 2.05) is 13.8 Å². The summed E-state index contributed by atoms with van der Waals surface area (Å²) in [6.07, 6.45) is 3.62. The largest absolute Gasteiger partial charge is 0.170 e. The Hall–Kier alpha value is 0.180. The minimum atomic E-state index is -0.599. The summed E-state index contributed by atoms with van der Waals surface area (Å²) in [5.74, 6) is 0. The Labute approximate surface area is 97.1 Å². The molecule has 0 aliphatic rings. The van der Waals surface area contributed by atoms with E-state index < -0.39 is 10.00 Å². The van der Waals surface area contributed by atoms with Gasteiger partial charge in [-0.15, -0.1) is 0 Å². The highest BCUT2D eigenvalue weighted by molar-refractivity contribution is 6.24. The van der Waals surface area contributed by atoms with E-state index in [2.05, 4.69) is 24.1 Å². The van der Waals surface area contributed by atoms with Crippen molar-refractivity contribution in [3.05, 3.63) is 0 Å². The average molecular weight is 239 g/mol. The third-order valence-electron chi connectivity index (χ3n) is 1.88. The molecule has 84 valence electrons. The van der Waals surface area contributed by atoms with Crippen molar-refractivity contribution in [2.24, 2.45) is 10.2 Å². The molecule has 0 aliphatic carbocycles. The van der Waals surface area contributed by atoms with Crippen LogP contribution in [0.5, 0.6) is 0 Å². The van der Waals surface area contributed by atoms with Crippen molar-refractivity contribution in [1.29, 1.82) is 0 Å². The maximum atomic E-state index is 6.12. The Kier molecular flexibility index (Phi) is 5.99. The quantitative estimate of drug-likeness (QED) is 0.356. The number of nitrogens with zero attached hydrogens (tertiary/aromatic N) is 2. The zero-order chi connectivity index (χ0) is 11.2. The first-order valence-electron chi connectivity index (χ1n) is 5.15. The Morgan fingerprint density at radius 3 is 1.36 bits per heavy atom. The topological polar surface area (TPSA) is 24.7 Å². The molecule has 2 atom stereocenters. The minimum absolute atomic E-state index is 0.599. The fraction of sp³-hybridized carbons (Fsp3) is 1.00. The van der Waals surface area contributed by atoms with Crippen molar-refractivity contribution >= 4 is 23.2 Å². The van der Waals surface area contributed by atoms with E-state index in [-0.39, 0.29) is 0 Å². The molecule has 0 saturated carbocycles. The van der Waals surface area contributed by atoms with Crippen LogP contribution in [0, 0.1) is 0 Å². The van der Waals surface area contributed by atoms with Crippen molar-refractivity contribution in [3.8, 4) is 0 Å². The third kappa shape index (κ3) is 6.61. The number of alkyl halides is 2. The van der Waals surface area contributed by atoms with Gasteiger partial charge in [-0.2, -0.15) is 10.2 Å². The molecule has 0 spiro atoms. The van der Waals surface area contributed by atoms with Gasteiger partial charge in [-0.05, 0) is 26.7 Å². The monoisotopic (exact) mass is 238 g/mol. The number of hydrogen-bond donors (Lipinski definition) is 0. The number of azo groups is 1. The second-order valence-electron chi connectivity index (χ2n) is 3.98. The second-order valence-corrected chi connectivity index (χ2v) is 5.61. The molecule has 0 aromatic heterocycles. The van der Waals surface area contributed by atoms with Gasteiger partial charge >= 0.3 is 0 Å². The van der Waals surface area contributed by atoms with Crippen molar-refractivity contribution in [2.75, 3.05) is 0 Å². The molecule has 14 heavy (non-hydrogen) atoms. The molecular formula is C10H20Cl2N2. The predicted octanol–water partition coefficient (Wildman–Crippen LogP) is 4.95. The Morgan fingerprint density at radius 2 is 1.14 bits per heavy atom. The fourth-order valence-electron chi connectivity index (χ4n) is 1.22. The van der Waals surface area contributed by atoms with E-state index in [0.29, 0.717) is 0 Å². The van der Waals surface area contributed by atoms with Crippen LogP contribution in [0.3, 0.4) is 0 Å². The lowest BCUT2D eigenvalue weighted by atomic mass is 10.2. The van der Waals surface area contributed by atoms with Crippen LogP contribution in [-0.4, -0.2) is 10.00 Å². The first-order valence-corrected chi connectivity index (χ1v) is 5.90. The van der Waals surface area contributed by atoms with Gasteiger partial charge in [0.25, 0.3) is 0 Å². The number of hydrogen-bond acceptors (Lipinski definition) is 2. The van der Waals surface area contributed by atoms with Gasteiger partial charge in [-0.25, -0.2) is 0 Å². The van der Waals surface area contributed by atoms with E-state index in [4.69, 9.17) is 23.2 Å². The zero-order valence-electron chi connectivity index (χ0n) is 9.48. The summed E-state index contributed by atoms with van der Waals surface area (Å²) in [6.45, 7) is 7.87. The lowest BCUT2D eigenvalue weighted by molar-refractivity contribution is 0.494. The summed E-state index contributed by atoms with van der Waals surface area (Å²) in [5, 5.41) is 8.19. The van der Waals surface area contributed by atoms with Gasteiger partial charge in [0.15, 0.2) is 10.00 Å². The molecule has 0 N–H and O–H groups in total. The molecule has 0 aromatic rings. The van der Waals surface area contributed by atoms with Crippen LogP contribution in [0.4, 0.5) is 0 Å². The maximum Gasteiger partial charge on any atom is 0.152 e. The Balaban J connectivity index is 4.26. The van der Waals surface area contributed by atoms with Crippen LogP contribution in [0.25, 0.3) is 0 Å². The second kappa shape index (κ2) is 5.92. The lowest BCUT2D eigenvalue weighted by Crippen LogP contribution is -2.16. The van der Waals surface area contributed by atoms with E-state index in [1.165, 1.54) is 0 Å². The molecule has 0 fully saturated rings. The summed E-state index contributed by atoms with van der Waals surface area (Å²) in [4.78, 5) is -1.20. The first kappa shape index (κ1) is 14.2. The van der Waals surface area contributed by atoms with Crippen LogP contribution in [0.15, 0.2) is 10.2 Å². The highest BCUT2D eigenvalue weighted by Crippen LogP contribution is 2.28. The van der Waals surface area contributed by atoms with Gasteiger partial charge in [0.2, 0.25) is 0 Å². The maximum absolute atomic E-state index is 6.12. The molecule has 0 radical (unpaired) electrons.